The van der Waals surface area contributed by atoms with Gasteiger partial charge in [0.25, 0.3) is 5.91 Å². The number of nitrogens with zero attached hydrogens (tertiary/aromatic N) is 5. The predicted octanol–water partition coefficient (Wildman–Crippen LogP) is 3.46. The number of hydrogen-bond acceptors (Lipinski definition) is 5. The lowest BCUT2D eigenvalue weighted by Crippen LogP contribution is -2.33. The summed E-state index contributed by atoms with van der Waals surface area (Å²) >= 11 is 0. The Bertz CT molecular complexity index is 957. The van der Waals surface area contributed by atoms with E-state index in [0.29, 0.717) is 11.3 Å². The molecule has 1 aromatic carbocycles. The minimum atomic E-state index is -0.160. The lowest BCUT2D eigenvalue weighted by Gasteiger charge is -2.32. The third-order valence-corrected chi connectivity index (χ3v) is 5.17. The van der Waals surface area contributed by atoms with Gasteiger partial charge in [0, 0.05) is 18.7 Å². The van der Waals surface area contributed by atoms with Crippen molar-refractivity contribution in [3.8, 4) is 5.82 Å². The van der Waals surface area contributed by atoms with E-state index in [2.05, 4.69) is 32.2 Å². The lowest BCUT2D eigenvalue weighted by molar-refractivity contribution is 0.102. The maximum atomic E-state index is 12.4. The highest BCUT2D eigenvalue weighted by Crippen LogP contribution is 2.26. The van der Waals surface area contributed by atoms with E-state index in [4.69, 9.17) is 0 Å². The van der Waals surface area contributed by atoms with E-state index in [1.165, 1.54) is 6.33 Å². The fourth-order valence-corrected chi connectivity index (χ4v) is 3.38. The first-order valence-electron chi connectivity index (χ1n) is 9.58. The van der Waals surface area contributed by atoms with E-state index in [0.717, 1.165) is 48.9 Å². The highest BCUT2D eigenvalue weighted by molar-refractivity contribution is 6.04. The average Bonchev–Trinajstić information content (AvgIpc) is 3.17. The van der Waals surface area contributed by atoms with Gasteiger partial charge in [-0.15, -0.1) is 0 Å². The number of rotatable bonds is 4. The molecule has 1 fully saturated rings. The van der Waals surface area contributed by atoms with Crippen LogP contribution in [0, 0.1) is 12.8 Å². The average molecular weight is 376 g/mol. The van der Waals surface area contributed by atoms with Crippen molar-refractivity contribution >= 4 is 17.3 Å². The van der Waals surface area contributed by atoms with Crippen LogP contribution in [-0.2, 0) is 0 Å². The van der Waals surface area contributed by atoms with Crippen molar-refractivity contribution in [2.24, 2.45) is 5.92 Å². The Labute approximate surface area is 164 Å². The van der Waals surface area contributed by atoms with E-state index in [1.807, 2.05) is 37.4 Å². The SMILES string of the molecule is Cc1ccc(C(=O)Nc2cnn(-c3ncncc3N3CCC(C)CC3)c2)cc1. The van der Waals surface area contributed by atoms with Crippen molar-refractivity contribution in [3.63, 3.8) is 0 Å². The van der Waals surface area contributed by atoms with Gasteiger partial charge in [0.1, 0.15) is 12.0 Å². The molecule has 0 unspecified atom stereocenters. The molecule has 1 saturated heterocycles. The second kappa shape index (κ2) is 7.80. The highest BCUT2D eigenvalue weighted by Gasteiger charge is 2.20. The van der Waals surface area contributed by atoms with Gasteiger partial charge in [0.05, 0.1) is 24.3 Å². The first-order chi connectivity index (χ1) is 13.6. The minimum absolute atomic E-state index is 0.160. The summed E-state index contributed by atoms with van der Waals surface area (Å²) < 4.78 is 1.69. The molecule has 0 radical (unpaired) electrons. The Hall–Kier alpha value is -3.22. The van der Waals surface area contributed by atoms with Gasteiger partial charge in [0.2, 0.25) is 0 Å². The summed E-state index contributed by atoms with van der Waals surface area (Å²) in [5, 5.41) is 7.30. The molecule has 7 nitrogen and oxygen atoms in total. The molecule has 0 aliphatic carbocycles. The molecule has 4 rings (SSSR count). The van der Waals surface area contributed by atoms with Crippen LogP contribution < -0.4 is 10.2 Å². The Kier molecular flexibility index (Phi) is 5.06. The molecule has 28 heavy (non-hydrogen) atoms. The molecule has 0 atom stereocenters. The molecule has 1 amide bonds. The van der Waals surface area contributed by atoms with Crippen LogP contribution in [0.25, 0.3) is 5.82 Å². The number of anilines is 2. The van der Waals surface area contributed by atoms with Crippen molar-refractivity contribution in [1.29, 1.82) is 0 Å². The van der Waals surface area contributed by atoms with Crippen LogP contribution in [0.2, 0.25) is 0 Å². The summed E-state index contributed by atoms with van der Waals surface area (Å²) in [6.45, 7) is 6.25. The van der Waals surface area contributed by atoms with Crippen molar-refractivity contribution in [2.75, 3.05) is 23.3 Å². The van der Waals surface area contributed by atoms with E-state index in [-0.39, 0.29) is 5.91 Å². The van der Waals surface area contributed by atoms with Crippen LogP contribution in [0.4, 0.5) is 11.4 Å². The largest absolute Gasteiger partial charge is 0.367 e. The van der Waals surface area contributed by atoms with Crippen molar-refractivity contribution in [3.05, 3.63) is 60.3 Å². The number of piperidine rings is 1. The molecule has 2 aromatic heterocycles. The van der Waals surface area contributed by atoms with E-state index in [1.54, 1.807) is 17.1 Å². The Morgan fingerprint density at radius 1 is 1.14 bits per heavy atom. The van der Waals surface area contributed by atoms with Gasteiger partial charge in [-0.3, -0.25) is 4.79 Å². The van der Waals surface area contributed by atoms with Gasteiger partial charge in [-0.1, -0.05) is 24.6 Å². The summed E-state index contributed by atoms with van der Waals surface area (Å²) in [6.07, 6.45) is 9.10. The topological polar surface area (TPSA) is 75.9 Å². The number of carbonyl (C=O) groups excluding carboxylic acids is 1. The maximum Gasteiger partial charge on any atom is 0.255 e. The maximum absolute atomic E-state index is 12.4. The Balaban J connectivity index is 1.53. The summed E-state index contributed by atoms with van der Waals surface area (Å²) in [7, 11) is 0. The minimum Gasteiger partial charge on any atom is -0.367 e. The third kappa shape index (κ3) is 3.88. The van der Waals surface area contributed by atoms with Crippen molar-refractivity contribution in [1.82, 2.24) is 19.7 Å². The van der Waals surface area contributed by atoms with E-state index >= 15 is 0 Å². The highest BCUT2D eigenvalue weighted by atomic mass is 16.1. The first kappa shape index (κ1) is 18.2. The molecule has 3 heterocycles. The summed E-state index contributed by atoms with van der Waals surface area (Å²) in [5.74, 6) is 1.31. The smallest absolute Gasteiger partial charge is 0.255 e. The van der Waals surface area contributed by atoms with E-state index in [9.17, 15) is 4.79 Å². The lowest BCUT2D eigenvalue weighted by atomic mass is 9.99. The number of hydrogen-bond donors (Lipinski definition) is 1. The second-order valence-corrected chi connectivity index (χ2v) is 7.39. The number of aryl methyl sites for hydroxylation is 1. The van der Waals surface area contributed by atoms with Crippen molar-refractivity contribution < 1.29 is 4.79 Å². The van der Waals surface area contributed by atoms with Crippen LogP contribution in [0.1, 0.15) is 35.7 Å². The third-order valence-electron chi connectivity index (χ3n) is 5.17. The standard InChI is InChI=1S/C21H24N6O/c1-15-3-5-17(6-4-15)21(28)25-18-11-24-27(13-18)20-19(12-22-14-23-20)26-9-7-16(2)8-10-26/h3-6,11-14,16H,7-10H2,1-2H3,(H,25,28). The zero-order chi connectivity index (χ0) is 19.5. The Morgan fingerprint density at radius 3 is 2.64 bits per heavy atom. The number of benzene rings is 1. The molecule has 1 aliphatic heterocycles. The zero-order valence-electron chi connectivity index (χ0n) is 16.2. The molecule has 1 N–H and O–H groups in total. The molecule has 1 aliphatic rings. The fourth-order valence-electron chi connectivity index (χ4n) is 3.38. The van der Waals surface area contributed by atoms with Crippen LogP contribution in [-0.4, -0.2) is 38.7 Å². The fraction of sp³-hybridized carbons (Fsp3) is 0.333. The molecule has 3 aromatic rings. The zero-order valence-corrected chi connectivity index (χ0v) is 16.2. The van der Waals surface area contributed by atoms with Gasteiger partial charge in [-0.2, -0.15) is 5.10 Å². The van der Waals surface area contributed by atoms with Crippen LogP contribution >= 0.6 is 0 Å². The number of amides is 1. The summed E-state index contributed by atoms with van der Waals surface area (Å²) in [6, 6.07) is 7.47. The van der Waals surface area contributed by atoms with Gasteiger partial charge in [-0.05, 0) is 37.8 Å². The number of aromatic nitrogens is 4. The monoisotopic (exact) mass is 376 g/mol. The molecular formula is C21H24N6O. The van der Waals surface area contributed by atoms with Crippen LogP contribution in [0.15, 0.2) is 49.2 Å². The predicted molar refractivity (Wildman–Crippen MR) is 109 cm³/mol. The molecule has 0 bridgehead atoms. The van der Waals surface area contributed by atoms with Crippen LogP contribution in [0.3, 0.4) is 0 Å². The molecular weight excluding hydrogens is 352 g/mol. The molecule has 144 valence electrons. The van der Waals surface area contributed by atoms with Crippen molar-refractivity contribution in [2.45, 2.75) is 26.7 Å². The quantitative estimate of drug-likeness (QED) is 0.755. The van der Waals surface area contributed by atoms with E-state index < -0.39 is 0 Å². The first-order valence-corrected chi connectivity index (χ1v) is 9.58. The van der Waals surface area contributed by atoms with Gasteiger partial charge >= 0.3 is 0 Å². The molecule has 0 spiro atoms. The molecule has 7 heteroatoms. The van der Waals surface area contributed by atoms with Crippen LogP contribution in [0.5, 0.6) is 0 Å². The number of carbonyl (C=O) groups is 1. The second-order valence-electron chi connectivity index (χ2n) is 7.39. The normalized spacial score (nSPS) is 14.9. The summed E-state index contributed by atoms with van der Waals surface area (Å²) in [4.78, 5) is 23.4. The summed E-state index contributed by atoms with van der Waals surface area (Å²) in [5.41, 5.74) is 3.33. The Morgan fingerprint density at radius 2 is 1.89 bits per heavy atom. The van der Waals surface area contributed by atoms with Gasteiger partial charge in [-0.25, -0.2) is 14.6 Å². The molecule has 0 saturated carbocycles. The number of nitrogens with one attached hydrogen (secondary N) is 1. The van der Waals surface area contributed by atoms with Gasteiger partial charge < -0.3 is 10.2 Å². The van der Waals surface area contributed by atoms with Gasteiger partial charge in [0.15, 0.2) is 5.82 Å².